The van der Waals surface area contributed by atoms with E-state index in [0.717, 1.165) is 15.6 Å². The molecule has 134 valence electrons. The molecule has 2 aromatic rings. The highest BCUT2D eigenvalue weighted by atomic mass is 79.9. The van der Waals surface area contributed by atoms with Crippen molar-refractivity contribution < 1.29 is 19.0 Å². The summed E-state index contributed by atoms with van der Waals surface area (Å²) in [6.07, 6.45) is 0.695. The van der Waals surface area contributed by atoms with Crippen LogP contribution in [0, 0.1) is 6.92 Å². The lowest BCUT2D eigenvalue weighted by Crippen LogP contribution is -2.30. The van der Waals surface area contributed by atoms with E-state index < -0.39 is 0 Å². The average Bonchev–Trinajstić information content (AvgIpc) is 2.60. The lowest BCUT2D eigenvalue weighted by atomic mass is 10.1. The van der Waals surface area contributed by atoms with E-state index in [1.54, 1.807) is 14.2 Å². The largest absolute Gasteiger partial charge is 0.493 e. The van der Waals surface area contributed by atoms with Crippen LogP contribution in [0.4, 0.5) is 0 Å². The van der Waals surface area contributed by atoms with Crippen LogP contribution in [0.3, 0.4) is 0 Å². The Hall–Kier alpha value is -2.21. The van der Waals surface area contributed by atoms with Crippen molar-refractivity contribution in [2.45, 2.75) is 13.3 Å². The van der Waals surface area contributed by atoms with Gasteiger partial charge in [-0.05, 0) is 64.7 Å². The molecule has 0 aromatic heterocycles. The number of aryl methyl sites for hydroxylation is 1. The predicted octanol–water partition coefficient (Wildman–Crippen LogP) is 3.51. The van der Waals surface area contributed by atoms with Crippen LogP contribution in [-0.4, -0.2) is 33.3 Å². The van der Waals surface area contributed by atoms with Gasteiger partial charge >= 0.3 is 0 Å². The highest BCUT2D eigenvalue weighted by molar-refractivity contribution is 9.10. The van der Waals surface area contributed by atoms with Gasteiger partial charge in [-0.2, -0.15) is 0 Å². The van der Waals surface area contributed by atoms with Crippen LogP contribution in [-0.2, 0) is 11.2 Å². The third kappa shape index (κ3) is 5.67. The van der Waals surface area contributed by atoms with Gasteiger partial charge in [0.2, 0.25) is 0 Å². The van der Waals surface area contributed by atoms with Gasteiger partial charge < -0.3 is 19.5 Å². The molecule has 0 bridgehead atoms. The molecule has 0 heterocycles. The van der Waals surface area contributed by atoms with Gasteiger partial charge in [-0.15, -0.1) is 0 Å². The minimum atomic E-state index is -0.159. The summed E-state index contributed by atoms with van der Waals surface area (Å²) in [5.41, 5.74) is 2.18. The third-order valence-corrected chi connectivity index (χ3v) is 4.25. The zero-order chi connectivity index (χ0) is 18.2. The molecule has 5 nitrogen and oxygen atoms in total. The second kappa shape index (κ2) is 9.32. The molecular weight excluding hydrogens is 386 g/mol. The molecule has 1 N–H and O–H groups in total. The van der Waals surface area contributed by atoms with Gasteiger partial charge in [0.25, 0.3) is 5.91 Å². The van der Waals surface area contributed by atoms with Gasteiger partial charge in [0, 0.05) is 6.54 Å². The molecule has 25 heavy (non-hydrogen) atoms. The second-order valence-electron chi connectivity index (χ2n) is 5.51. The Labute approximate surface area is 156 Å². The van der Waals surface area contributed by atoms with E-state index in [-0.39, 0.29) is 12.5 Å². The Morgan fingerprint density at radius 2 is 1.76 bits per heavy atom. The molecule has 0 spiro atoms. The van der Waals surface area contributed by atoms with E-state index in [2.05, 4.69) is 21.2 Å². The Balaban J connectivity index is 1.78. The summed E-state index contributed by atoms with van der Waals surface area (Å²) < 4.78 is 16.9. The maximum Gasteiger partial charge on any atom is 0.257 e. The first-order chi connectivity index (χ1) is 12.0. The van der Waals surface area contributed by atoms with Gasteiger partial charge in [-0.1, -0.05) is 12.1 Å². The number of hydrogen-bond donors (Lipinski definition) is 1. The summed E-state index contributed by atoms with van der Waals surface area (Å²) in [6, 6.07) is 11.4. The number of hydrogen-bond acceptors (Lipinski definition) is 4. The molecule has 0 aliphatic carbocycles. The quantitative estimate of drug-likeness (QED) is 0.727. The molecule has 0 radical (unpaired) electrons. The third-order valence-electron chi connectivity index (χ3n) is 3.63. The van der Waals surface area contributed by atoms with E-state index in [1.807, 2.05) is 43.3 Å². The SMILES string of the molecule is COc1ccc(CCNC(=O)COc2ccc(C)cc2Br)cc1OC. The number of carbonyl (C=O) groups excluding carboxylic acids is 1. The summed E-state index contributed by atoms with van der Waals surface area (Å²) in [6.45, 7) is 2.50. The van der Waals surface area contributed by atoms with Crippen molar-refractivity contribution >= 4 is 21.8 Å². The number of methoxy groups -OCH3 is 2. The zero-order valence-corrected chi connectivity index (χ0v) is 16.2. The van der Waals surface area contributed by atoms with Crippen LogP contribution < -0.4 is 19.5 Å². The van der Waals surface area contributed by atoms with Gasteiger partial charge in [-0.25, -0.2) is 0 Å². The smallest absolute Gasteiger partial charge is 0.257 e. The first-order valence-corrected chi connectivity index (χ1v) is 8.69. The minimum Gasteiger partial charge on any atom is -0.493 e. The molecule has 2 rings (SSSR count). The molecular formula is C19H22BrNO4. The van der Waals surface area contributed by atoms with E-state index in [0.29, 0.717) is 30.2 Å². The van der Waals surface area contributed by atoms with E-state index in [1.165, 1.54) is 0 Å². The number of carbonyl (C=O) groups is 1. The maximum atomic E-state index is 11.9. The Kier molecular flexibility index (Phi) is 7.13. The lowest BCUT2D eigenvalue weighted by Gasteiger charge is -2.11. The van der Waals surface area contributed by atoms with Gasteiger partial charge in [0.15, 0.2) is 18.1 Å². The maximum absolute atomic E-state index is 11.9. The van der Waals surface area contributed by atoms with Crippen molar-refractivity contribution in [1.82, 2.24) is 5.32 Å². The van der Waals surface area contributed by atoms with Crippen LogP contribution in [0.15, 0.2) is 40.9 Å². The fourth-order valence-corrected chi connectivity index (χ4v) is 2.91. The summed E-state index contributed by atoms with van der Waals surface area (Å²) >= 11 is 3.43. The Bertz CT molecular complexity index is 733. The highest BCUT2D eigenvalue weighted by Crippen LogP contribution is 2.27. The predicted molar refractivity (Wildman–Crippen MR) is 101 cm³/mol. The van der Waals surface area contributed by atoms with Crippen molar-refractivity contribution in [2.75, 3.05) is 27.4 Å². The second-order valence-corrected chi connectivity index (χ2v) is 6.37. The highest BCUT2D eigenvalue weighted by Gasteiger charge is 2.07. The van der Waals surface area contributed by atoms with E-state index in [9.17, 15) is 4.79 Å². The molecule has 0 saturated heterocycles. The molecule has 0 aliphatic heterocycles. The number of halogens is 1. The van der Waals surface area contributed by atoms with Crippen molar-refractivity contribution in [2.24, 2.45) is 0 Å². The molecule has 1 amide bonds. The van der Waals surface area contributed by atoms with E-state index >= 15 is 0 Å². The van der Waals surface area contributed by atoms with Gasteiger partial charge in [-0.3, -0.25) is 4.79 Å². The Morgan fingerprint density at radius 3 is 2.44 bits per heavy atom. The fraction of sp³-hybridized carbons (Fsp3) is 0.316. The summed E-state index contributed by atoms with van der Waals surface area (Å²) in [7, 11) is 3.20. The molecule has 0 fully saturated rings. The summed E-state index contributed by atoms with van der Waals surface area (Å²) in [4.78, 5) is 11.9. The van der Waals surface area contributed by atoms with Crippen LogP contribution in [0.2, 0.25) is 0 Å². The number of rotatable bonds is 8. The average molecular weight is 408 g/mol. The summed E-state index contributed by atoms with van der Waals surface area (Å²) in [5.74, 6) is 1.86. The first kappa shape index (κ1) is 19.1. The number of ether oxygens (including phenoxy) is 3. The first-order valence-electron chi connectivity index (χ1n) is 7.90. The molecule has 0 unspecified atom stereocenters. The van der Waals surface area contributed by atoms with Crippen molar-refractivity contribution in [3.8, 4) is 17.2 Å². The molecule has 0 atom stereocenters. The van der Waals surface area contributed by atoms with Crippen molar-refractivity contribution in [3.63, 3.8) is 0 Å². The van der Waals surface area contributed by atoms with Crippen molar-refractivity contribution in [3.05, 3.63) is 52.0 Å². The van der Waals surface area contributed by atoms with Crippen LogP contribution >= 0.6 is 15.9 Å². The fourth-order valence-electron chi connectivity index (χ4n) is 2.30. The monoisotopic (exact) mass is 407 g/mol. The zero-order valence-electron chi connectivity index (χ0n) is 14.6. The van der Waals surface area contributed by atoms with Crippen LogP contribution in [0.5, 0.6) is 17.2 Å². The van der Waals surface area contributed by atoms with E-state index in [4.69, 9.17) is 14.2 Å². The van der Waals surface area contributed by atoms with Gasteiger partial charge in [0.1, 0.15) is 5.75 Å². The molecule has 6 heteroatoms. The summed E-state index contributed by atoms with van der Waals surface area (Å²) in [5, 5.41) is 2.85. The molecule has 0 saturated carbocycles. The standard InChI is InChI=1S/C19H22BrNO4/c1-13-4-6-16(15(20)10-13)25-12-19(22)21-9-8-14-5-7-17(23-2)18(11-14)24-3/h4-7,10-11H,8-9,12H2,1-3H3,(H,21,22). The normalized spacial score (nSPS) is 10.2. The molecule has 2 aromatic carbocycles. The molecule has 0 aliphatic rings. The lowest BCUT2D eigenvalue weighted by molar-refractivity contribution is -0.123. The number of benzene rings is 2. The number of nitrogens with one attached hydrogen (secondary N) is 1. The number of amides is 1. The Morgan fingerprint density at radius 1 is 1.04 bits per heavy atom. The van der Waals surface area contributed by atoms with Crippen LogP contribution in [0.25, 0.3) is 0 Å². The topological polar surface area (TPSA) is 56.8 Å². The van der Waals surface area contributed by atoms with Gasteiger partial charge in [0.05, 0.1) is 18.7 Å². The minimum absolute atomic E-state index is 0.0202. The van der Waals surface area contributed by atoms with Crippen molar-refractivity contribution in [1.29, 1.82) is 0 Å². The van der Waals surface area contributed by atoms with Crippen LogP contribution in [0.1, 0.15) is 11.1 Å².